The van der Waals surface area contributed by atoms with Crippen molar-refractivity contribution in [1.29, 1.82) is 0 Å². The molecule has 0 radical (unpaired) electrons. The maximum absolute atomic E-state index is 9.71. The molecule has 2 nitrogen and oxygen atoms in total. The van der Waals surface area contributed by atoms with Crippen LogP contribution in [0.25, 0.3) is 11.3 Å². The molecular weight excluding hydrogens is 198 g/mol. The van der Waals surface area contributed by atoms with E-state index in [-0.39, 0.29) is 0 Å². The average molecular weight is 213 g/mol. The standard InChI is InChI=1S/C14H15NO/c1-9-7-12(8-10(2)14(9)16)13-6-4-5-11(3)15-13/h4-8,16H,1-3H3. The molecule has 1 heterocycles. The fourth-order valence-corrected chi connectivity index (χ4v) is 1.81. The van der Waals surface area contributed by atoms with E-state index in [1.807, 2.05) is 51.1 Å². The molecule has 1 aromatic heterocycles. The molecule has 2 heteroatoms. The Kier molecular flexibility index (Phi) is 2.65. The molecule has 0 aliphatic carbocycles. The first-order valence-electron chi connectivity index (χ1n) is 5.32. The second-order valence-corrected chi connectivity index (χ2v) is 4.12. The summed E-state index contributed by atoms with van der Waals surface area (Å²) in [5.41, 5.74) is 4.78. The first kappa shape index (κ1) is 10.7. The van der Waals surface area contributed by atoms with Crippen LogP contribution in [0, 0.1) is 20.8 Å². The number of aryl methyl sites for hydroxylation is 3. The predicted octanol–water partition coefficient (Wildman–Crippen LogP) is 3.38. The van der Waals surface area contributed by atoms with Gasteiger partial charge in [-0.2, -0.15) is 0 Å². The van der Waals surface area contributed by atoms with Gasteiger partial charge in [-0.25, -0.2) is 0 Å². The maximum Gasteiger partial charge on any atom is 0.121 e. The number of aromatic hydroxyl groups is 1. The minimum Gasteiger partial charge on any atom is -0.507 e. The highest BCUT2D eigenvalue weighted by atomic mass is 16.3. The summed E-state index contributed by atoms with van der Waals surface area (Å²) in [6.07, 6.45) is 0. The van der Waals surface area contributed by atoms with E-state index < -0.39 is 0 Å². The molecule has 0 fully saturated rings. The molecule has 0 bridgehead atoms. The average Bonchev–Trinajstić information content (AvgIpc) is 2.25. The fraction of sp³-hybridized carbons (Fsp3) is 0.214. The Bertz CT molecular complexity index is 509. The lowest BCUT2D eigenvalue weighted by atomic mass is 10.0. The van der Waals surface area contributed by atoms with Gasteiger partial charge in [0.05, 0.1) is 5.69 Å². The highest BCUT2D eigenvalue weighted by Crippen LogP contribution is 2.28. The van der Waals surface area contributed by atoms with Gasteiger partial charge in [0.25, 0.3) is 0 Å². The van der Waals surface area contributed by atoms with Crippen molar-refractivity contribution >= 4 is 0 Å². The highest BCUT2D eigenvalue weighted by Gasteiger charge is 2.05. The third-order valence-electron chi connectivity index (χ3n) is 2.68. The molecule has 1 N–H and O–H groups in total. The molecule has 1 aromatic carbocycles. The van der Waals surface area contributed by atoms with Crippen LogP contribution in [0.4, 0.5) is 0 Å². The van der Waals surface area contributed by atoms with E-state index >= 15 is 0 Å². The summed E-state index contributed by atoms with van der Waals surface area (Å²) in [6, 6.07) is 9.88. The van der Waals surface area contributed by atoms with E-state index in [9.17, 15) is 5.11 Å². The van der Waals surface area contributed by atoms with Crippen LogP contribution >= 0.6 is 0 Å². The zero-order valence-corrected chi connectivity index (χ0v) is 9.78. The van der Waals surface area contributed by atoms with Crippen LogP contribution in [0.2, 0.25) is 0 Å². The van der Waals surface area contributed by atoms with Gasteiger partial charge in [-0.3, -0.25) is 4.98 Å². The number of rotatable bonds is 1. The SMILES string of the molecule is Cc1cccc(-c2cc(C)c(O)c(C)c2)n1. The summed E-state index contributed by atoms with van der Waals surface area (Å²) >= 11 is 0. The first-order valence-corrected chi connectivity index (χ1v) is 5.32. The number of phenolic OH excluding ortho intramolecular Hbond substituents is 1. The lowest BCUT2D eigenvalue weighted by molar-refractivity contribution is 0.467. The second kappa shape index (κ2) is 3.97. The van der Waals surface area contributed by atoms with Crippen LogP contribution < -0.4 is 0 Å². The number of benzene rings is 1. The van der Waals surface area contributed by atoms with Crippen LogP contribution in [0.1, 0.15) is 16.8 Å². The third-order valence-corrected chi connectivity index (χ3v) is 2.68. The molecule has 0 unspecified atom stereocenters. The monoisotopic (exact) mass is 213 g/mol. The topological polar surface area (TPSA) is 33.1 Å². The van der Waals surface area contributed by atoms with Gasteiger partial charge in [0.15, 0.2) is 0 Å². The Balaban J connectivity index is 2.57. The van der Waals surface area contributed by atoms with Gasteiger partial charge in [-0.05, 0) is 56.2 Å². The van der Waals surface area contributed by atoms with E-state index in [0.717, 1.165) is 28.1 Å². The molecule has 16 heavy (non-hydrogen) atoms. The Morgan fingerprint density at radius 1 is 1.00 bits per heavy atom. The lowest BCUT2D eigenvalue weighted by Crippen LogP contribution is -1.89. The summed E-state index contributed by atoms with van der Waals surface area (Å²) in [5, 5.41) is 9.71. The number of pyridine rings is 1. The highest BCUT2D eigenvalue weighted by molar-refractivity contribution is 5.63. The van der Waals surface area contributed by atoms with Gasteiger partial charge in [-0.15, -0.1) is 0 Å². The Morgan fingerprint density at radius 2 is 1.62 bits per heavy atom. The van der Waals surface area contributed by atoms with Crippen molar-refractivity contribution in [3.63, 3.8) is 0 Å². The van der Waals surface area contributed by atoms with Gasteiger partial charge < -0.3 is 5.11 Å². The van der Waals surface area contributed by atoms with E-state index in [1.165, 1.54) is 0 Å². The van der Waals surface area contributed by atoms with Crippen LogP contribution in [-0.4, -0.2) is 10.1 Å². The molecule has 0 saturated heterocycles. The molecule has 0 amide bonds. The van der Waals surface area contributed by atoms with E-state index in [1.54, 1.807) is 0 Å². The van der Waals surface area contributed by atoms with Crippen LogP contribution in [0.15, 0.2) is 30.3 Å². The van der Waals surface area contributed by atoms with Crippen molar-refractivity contribution in [3.8, 4) is 17.0 Å². The van der Waals surface area contributed by atoms with Crippen molar-refractivity contribution in [3.05, 3.63) is 47.2 Å². The zero-order valence-electron chi connectivity index (χ0n) is 9.78. The Morgan fingerprint density at radius 3 is 2.19 bits per heavy atom. The molecular formula is C14H15NO. The quantitative estimate of drug-likeness (QED) is 0.787. The second-order valence-electron chi connectivity index (χ2n) is 4.12. The van der Waals surface area contributed by atoms with Gasteiger partial charge >= 0.3 is 0 Å². The van der Waals surface area contributed by atoms with Gasteiger partial charge in [0.1, 0.15) is 5.75 Å². The summed E-state index contributed by atoms with van der Waals surface area (Å²) < 4.78 is 0. The van der Waals surface area contributed by atoms with Gasteiger partial charge in [0.2, 0.25) is 0 Å². The molecule has 0 aliphatic rings. The summed E-state index contributed by atoms with van der Waals surface area (Å²) in [6.45, 7) is 5.78. The number of phenols is 1. The molecule has 82 valence electrons. The summed E-state index contributed by atoms with van der Waals surface area (Å²) in [4.78, 5) is 4.47. The minimum atomic E-state index is 0.372. The molecule has 2 rings (SSSR count). The molecule has 0 aliphatic heterocycles. The van der Waals surface area contributed by atoms with Gasteiger partial charge in [0, 0.05) is 11.3 Å². The Labute approximate surface area is 95.6 Å². The largest absolute Gasteiger partial charge is 0.507 e. The molecule has 0 saturated carbocycles. The molecule has 2 aromatic rings. The third kappa shape index (κ3) is 1.91. The van der Waals surface area contributed by atoms with Crippen LogP contribution in [0.5, 0.6) is 5.75 Å². The van der Waals surface area contributed by atoms with Crippen molar-refractivity contribution in [1.82, 2.24) is 4.98 Å². The van der Waals surface area contributed by atoms with Crippen molar-refractivity contribution in [2.24, 2.45) is 0 Å². The minimum absolute atomic E-state index is 0.372. The summed E-state index contributed by atoms with van der Waals surface area (Å²) in [5.74, 6) is 0.372. The lowest BCUT2D eigenvalue weighted by Gasteiger charge is -2.07. The first-order chi connectivity index (χ1) is 7.58. The molecule has 0 spiro atoms. The van der Waals surface area contributed by atoms with E-state index in [2.05, 4.69) is 4.98 Å². The van der Waals surface area contributed by atoms with E-state index in [0.29, 0.717) is 5.75 Å². The number of hydrogen-bond donors (Lipinski definition) is 1. The normalized spacial score (nSPS) is 10.4. The number of aromatic nitrogens is 1. The smallest absolute Gasteiger partial charge is 0.121 e. The zero-order chi connectivity index (χ0) is 11.7. The fourth-order valence-electron chi connectivity index (χ4n) is 1.81. The maximum atomic E-state index is 9.71. The molecule has 0 atom stereocenters. The van der Waals surface area contributed by atoms with Crippen LogP contribution in [-0.2, 0) is 0 Å². The summed E-state index contributed by atoms with van der Waals surface area (Å²) in [7, 11) is 0. The van der Waals surface area contributed by atoms with E-state index in [4.69, 9.17) is 0 Å². The van der Waals surface area contributed by atoms with Crippen molar-refractivity contribution in [2.45, 2.75) is 20.8 Å². The van der Waals surface area contributed by atoms with Crippen LogP contribution in [0.3, 0.4) is 0 Å². The Hall–Kier alpha value is -1.83. The van der Waals surface area contributed by atoms with Crippen molar-refractivity contribution < 1.29 is 5.11 Å². The van der Waals surface area contributed by atoms with Gasteiger partial charge in [-0.1, -0.05) is 6.07 Å². The number of nitrogens with zero attached hydrogens (tertiary/aromatic N) is 1. The van der Waals surface area contributed by atoms with Crippen molar-refractivity contribution in [2.75, 3.05) is 0 Å². The number of hydrogen-bond acceptors (Lipinski definition) is 2. The predicted molar refractivity (Wildman–Crippen MR) is 65.5 cm³/mol.